The van der Waals surface area contributed by atoms with Crippen LogP contribution in [0.3, 0.4) is 0 Å². The molecule has 9 nitrogen and oxygen atoms in total. The molecule has 0 aliphatic carbocycles. The third-order valence-electron chi connectivity index (χ3n) is 6.42. The lowest BCUT2D eigenvalue weighted by atomic mass is 9.99. The van der Waals surface area contributed by atoms with Gasteiger partial charge in [0.25, 0.3) is 5.91 Å². The summed E-state index contributed by atoms with van der Waals surface area (Å²) in [5.74, 6) is 0.853. The number of fused-ring (bicyclic) bond motifs is 2. The zero-order chi connectivity index (χ0) is 22.5. The van der Waals surface area contributed by atoms with Crippen molar-refractivity contribution in [2.24, 2.45) is 0 Å². The summed E-state index contributed by atoms with van der Waals surface area (Å²) in [6, 6.07) is 7.79. The van der Waals surface area contributed by atoms with Gasteiger partial charge in [-0.15, -0.1) is 0 Å². The lowest BCUT2D eigenvalue weighted by Gasteiger charge is -2.14. The predicted molar refractivity (Wildman–Crippen MR) is 122 cm³/mol. The van der Waals surface area contributed by atoms with Crippen LogP contribution >= 0.6 is 0 Å². The van der Waals surface area contributed by atoms with Gasteiger partial charge in [0.1, 0.15) is 5.82 Å². The predicted octanol–water partition coefficient (Wildman–Crippen LogP) is 2.72. The highest BCUT2D eigenvalue weighted by atomic mass is 16.2. The molecule has 2 amide bonds. The molecule has 2 N–H and O–H groups in total. The standard InChI is InChI=1S/C24H21N7O2/c1-30-13-15(8-22(30)32)14-2-5-20(26-9-14)29-18-4-3-16(17-10-28-24(33)23(17)18)19-11-27-21-12-25-6-7-31(19)21/h2-7,9,11-12,15H,8,10,13H2,1H3,(H,26,29)(H,28,33)/t15-/m0/s1. The fraction of sp³-hybridized carbons (Fsp3) is 0.208. The van der Waals surface area contributed by atoms with Crippen molar-refractivity contribution in [2.45, 2.75) is 18.9 Å². The molecule has 1 fully saturated rings. The molecule has 6 rings (SSSR count). The maximum absolute atomic E-state index is 12.7. The van der Waals surface area contributed by atoms with Crippen LogP contribution in [-0.4, -0.2) is 49.7 Å². The number of nitrogens with one attached hydrogen (secondary N) is 2. The van der Waals surface area contributed by atoms with Gasteiger partial charge in [-0.05, 0) is 23.3 Å². The van der Waals surface area contributed by atoms with Gasteiger partial charge in [0.05, 0.1) is 29.3 Å². The van der Waals surface area contributed by atoms with Crippen LogP contribution in [0.1, 0.15) is 33.8 Å². The number of nitrogens with zero attached hydrogens (tertiary/aromatic N) is 5. The third kappa shape index (κ3) is 3.20. The highest BCUT2D eigenvalue weighted by Crippen LogP contribution is 2.35. The Balaban J connectivity index is 1.32. The summed E-state index contributed by atoms with van der Waals surface area (Å²) in [5.41, 5.74) is 5.89. The minimum absolute atomic E-state index is 0.117. The van der Waals surface area contributed by atoms with Crippen molar-refractivity contribution in [1.29, 1.82) is 0 Å². The number of hydrogen-bond donors (Lipinski definition) is 2. The Bertz CT molecular complexity index is 1410. The Morgan fingerprint density at radius 3 is 2.79 bits per heavy atom. The van der Waals surface area contributed by atoms with Crippen LogP contribution in [0.2, 0.25) is 0 Å². The van der Waals surface area contributed by atoms with Crippen LogP contribution < -0.4 is 10.6 Å². The van der Waals surface area contributed by atoms with Crippen LogP contribution in [0.25, 0.3) is 16.9 Å². The fourth-order valence-corrected chi connectivity index (χ4v) is 4.68. The molecule has 0 unspecified atom stereocenters. The van der Waals surface area contributed by atoms with Gasteiger partial charge in [-0.2, -0.15) is 0 Å². The second-order valence-electron chi connectivity index (χ2n) is 8.42. The molecule has 164 valence electrons. The molecular formula is C24H21N7O2. The molecule has 1 aromatic carbocycles. The molecule has 1 atom stereocenters. The smallest absolute Gasteiger partial charge is 0.254 e. The van der Waals surface area contributed by atoms with E-state index in [1.54, 1.807) is 29.7 Å². The first-order valence-electron chi connectivity index (χ1n) is 10.8. The van der Waals surface area contributed by atoms with Crippen LogP contribution in [0.4, 0.5) is 11.5 Å². The summed E-state index contributed by atoms with van der Waals surface area (Å²) in [7, 11) is 1.82. The maximum atomic E-state index is 12.7. The molecular weight excluding hydrogens is 418 g/mol. The van der Waals surface area contributed by atoms with Gasteiger partial charge in [0.2, 0.25) is 5.91 Å². The van der Waals surface area contributed by atoms with Crippen molar-refractivity contribution in [3.63, 3.8) is 0 Å². The van der Waals surface area contributed by atoms with E-state index in [2.05, 4.69) is 25.6 Å². The summed E-state index contributed by atoms with van der Waals surface area (Å²) in [5, 5.41) is 6.24. The zero-order valence-corrected chi connectivity index (χ0v) is 17.9. The topological polar surface area (TPSA) is 105 Å². The Kier molecular flexibility index (Phi) is 4.36. The first-order chi connectivity index (χ1) is 16.1. The van der Waals surface area contributed by atoms with Gasteiger partial charge in [-0.25, -0.2) is 9.97 Å². The number of hydrogen-bond acceptors (Lipinski definition) is 6. The maximum Gasteiger partial charge on any atom is 0.254 e. The largest absolute Gasteiger partial charge is 0.348 e. The molecule has 2 aliphatic rings. The normalized spacial score (nSPS) is 17.5. The van der Waals surface area contributed by atoms with Crippen LogP contribution in [-0.2, 0) is 11.3 Å². The number of imidazole rings is 1. The Labute approximate surface area is 189 Å². The summed E-state index contributed by atoms with van der Waals surface area (Å²) >= 11 is 0. The number of rotatable bonds is 4. The highest BCUT2D eigenvalue weighted by Gasteiger charge is 2.29. The quantitative estimate of drug-likeness (QED) is 0.507. The average molecular weight is 439 g/mol. The number of amides is 2. The van der Waals surface area contributed by atoms with E-state index in [0.29, 0.717) is 36.6 Å². The van der Waals surface area contributed by atoms with Crippen molar-refractivity contribution in [2.75, 3.05) is 18.9 Å². The first-order valence-corrected chi connectivity index (χ1v) is 10.8. The summed E-state index contributed by atoms with van der Waals surface area (Å²) in [6.45, 7) is 1.16. The number of aromatic nitrogens is 4. The minimum atomic E-state index is -0.117. The van der Waals surface area contributed by atoms with E-state index in [1.807, 2.05) is 41.9 Å². The van der Waals surface area contributed by atoms with E-state index >= 15 is 0 Å². The van der Waals surface area contributed by atoms with E-state index in [4.69, 9.17) is 0 Å². The molecule has 4 aromatic rings. The Morgan fingerprint density at radius 1 is 1.09 bits per heavy atom. The summed E-state index contributed by atoms with van der Waals surface area (Å²) in [4.78, 5) is 39.4. The number of anilines is 2. The minimum Gasteiger partial charge on any atom is -0.348 e. The number of benzene rings is 1. The highest BCUT2D eigenvalue weighted by molar-refractivity contribution is 6.06. The molecule has 2 aliphatic heterocycles. The lowest BCUT2D eigenvalue weighted by molar-refractivity contribution is -0.126. The monoisotopic (exact) mass is 439 g/mol. The molecule has 0 bridgehead atoms. The van der Waals surface area contributed by atoms with Crippen molar-refractivity contribution < 1.29 is 9.59 Å². The van der Waals surface area contributed by atoms with Gasteiger partial charge in [0.15, 0.2) is 5.65 Å². The second-order valence-corrected chi connectivity index (χ2v) is 8.42. The summed E-state index contributed by atoms with van der Waals surface area (Å²) < 4.78 is 1.96. The van der Waals surface area contributed by atoms with Crippen molar-refractivity contribution in [1.82, 2.24) is 29.6 Å². The van der Waals surface area contributed by atoms with E-state index < -0.39 is 0 Å². The number of pyridine rings is 1. The van der Waals surface area contributed by atoms with Crippen molar-refractivity contribution in [3.8, 4) is 11.3 Å². The van der Waals surface area contributed by atoms with Gasteiger partial charge in [0, 0.05) is 56.6 Å². The molecule has 1 saturated heterocycles. The average Bonchev–Trinajstić information content (AvgIpc) is 3.52. The SMILES string of the molecule is CN1C[C@@H](c2ccc(Nc3ccc(-c4cnc5cnccn45)c4c3C(=O)NC4)nc2)CC1=O. The van der Waals surface area contributed by atoms with Gasteiger partial charge >= 0.3 is 0 Å². The number of likely N-dealkylation sites (N-methyl/N-ethyl adjacent to an activating group) is 1. The molecule has 0 spiro atoms. The second kappa shape index (κ2) is 7.40. The molecule has 33 heavy (non-hydrogen) atoms. The molecule has 0 radical (unpaired) electrons. The van der Waals surface area contributed by atoms with Crippen LogP contribution in [0.5, 0.6) is 0 Å². The number of carbonyl (C=O) groups excluding carboxylic acids is 2. The molecule has 5 heterocycles. The van der Waals surface area contributed by atoms with E-state index in [-0.39, 0.29) is 17.7 Å². The number of likely N-dealkylation sites (tertiary alicyclic amines) is 1. The first kappa shape index (κ1) is 19.4. The van der Waals surface area contributed by atoms with Crippen LogP contribution in [0, 0.1) is 0 Å². The Morgan fingerprint density at radius 2 is 2.00 bits per heavy atom. The van der Waals surface area contributed by atoms with E-state index in [0.717, 1.165) is 28.0 Å². The number of carbonyl (C=O) groups is 2. The lowest BCUT2D eigenvalue weighted by Crippen LogP contribution is -2.18. The van der Waals surface area contributed by atoms with Gasteiger partial charge < -0.3 is 15.5 Å². The molecule has 3 aromatic heterocycles. The molecule has 9 heteroatoms. The van der Waals surface area contributed by atoms with Crippen molar-refractivity contribution >= 4 is 29.0 Å². The van der Waals surface area contributed by atoms with Gasteiger partial charge in [-0.3, -0.25) is 19.0 Å². The van der Waals surface area contributed by atoms with Crippen LogP contribution in [0.15, 0.2) is 55.2 Å². The van der Waals surface area contributed by atoms with E-state index in [1.165, 1.54) is 0 Å². The van der Waals surface area contributed by atoms with E-state index in [9.17, 15) is 9.59 Å². The fourth-order valence-electron chi connectivity index (χ4n) is 4.68. The zero-order valence-electron chi connectivity index (χ0n) is 17.9. The van der Waals surface area contributed by atoms with Gasteiger partial charge in [-0.1, -0.05) is 12.1 Å². The third-order valence-corrected chi connectivity index (χ3v) is 6.42. The summed E-state index contributed by atoms with van der Waals surface area (Å²) in [6.07, 6.45) is 9.40. The molecule has 0 saturated carbocycles. The Hall–Kier alpha value is -4.27. The van der Waals surface area contributed by atoms with Crippen molar-refractivity contribution in [3.05, 3.63) is 71.9 Å².